The van der Waals surface area contributed by atoms with Crippen molar-refractivity contribution in [1.82, 2.24) is 14.8 Å². The van der Waals surface area contributed by atoms with Crippen LogP contribution in [-0.4, -0.2) is 77.7 Å². The van der Waals surface area contributed by atoms with E-state index in [0.29, 0.717) is 29.5 Å². The Balaban J connectivity index is 1.22. The van der Waals surface area contributed by atoms with E-state index in [4.69, 9.17) is 14.2 Å². The molecule has 4 rings (SSSR count). The molecule has 0 saturated carbocycles. The fraction of sp³-hybridized carbons (Fsp3) is 0.571. The SMILES string of the molecule is COC(=O)c1scc(Br)c1OC1CCN(C(=O)C2CCN(Cc3ccnc(NC(=O)OC(C)(C)C)c3)CC2)CC1. The Labute approximate surface area is 247 Å². The molecule has 2 amide bonds. The van der Waals surface area contributed by atoms with Crippen molar-refractivity contribution < 1.29 is 28.6 Å². The van der Waals surface area contributed by atoms with E-state index in [9.17, 15) is 14.4 Å². The number of amides is 2. The van der Waals surface area contributed by atoms with Gasteiger partial charge in [-0.1, -0.05) is 0 Å². The van der Waals surface area contributed by atoms with Crippen molar-refractivity contribution in [2.24, 2.45) is 5.92 Å². The first kappa shape index (κ1) is 30.3. The molecule has 2 aliphatic heterocycles. The zero-order valence-electron chi connectivity index (χ0n) is 23.4. The number of hydrogen-bond acceptors (Lipinski definition) is 9. The highest BCUT2D eigenvalue weighted by Gasteiger charge is 2.32. The molecule has 2 fully saturated rings. The van der Waals surface area contributed by atoms with Crippen LogP contribution in [0.2, 0.25) is 0 Å². The van der Waals surface area contributed by atoms with Gasteiger partial charge in [0.1, 0.15) is 17.5 Å². The fourth-order valence-electron chi connectivity index (χ4n) is 4.93. The number of rotatable bonds is 7. The minimum Gasteiger partial charge on any atom is -0.487 e. The molecule has 2 saturated heterocycles. The number of nitrogens with zero attached hydrogens (tertiary/aromatic N) is 3. The molecule has 2 aromatic rings. The van der Waals surface area contributed by atoms with Crippen molar-refractivity contribution in [1.29, 1.82) is 0 Å². The standard InChI is InChI=1S/C28H37BrN4O6S/c1-28(2,3)39-27(36)31-22-15-18(5-10-30-22)16-32-11-6-19(7-12-32)25(34)33-13-8-20(9-14-33)38-23-21(29)17-40-24(23)26(35)37-4/h5,10,15,17,19-20H,6-9,11-14,16H2,1-4H3,(H,30,31,36). The first-order chi connectivity index (χ1) is 19.0. The zero-order valence-corrected chi connectivity index (χ0v) is 25.8. The summed E-state index contributed by atoms with van der Waals surface area (Å²) in [4.78, 5) is 46.3. The maximum absolute atomic E-state index is 13.3. The number of likely N-dealkylation sites (tertiary alicyclic amines) is 2. The molecular weight excluding hydrogens is 600 g/mol. The number of ether oxygens (including phenoxy) is 3. The molecule has 4 heterocycles. The second-order valence-electron chi connectivity index (χ2n) is 11.1. The largest absolute Gasteiger partial charge is 0.487 e. The topological polar surface area (TPSA) is 110 Å². The molecule has 0 aromatic carbocycles. The van der Waals surface area contributed by atoms with E-state index in [1.165, 1.54) is 18.4 Å². The van der Waals surface area contributed by atoms with Gasteiger partial charge in [-0.25, -0.2) is 14.6 Å². The van der Waals surface area contributed by atoms with E-state index < -0.39 is 17.7 Å². The molecule has 40 heavy (non-hydrogen) atoms. The van der Waals surface area contributed by atoms with Crippen molar-refractivity contribution >= 4 is 51.1 Å². The van der Waals surface area contributed by atoms with Crippen molar-refractivity contribution in [3.63, 3.8) is 0 Å². The Kier molecular flexibility index (Phi) is 10.1. The number of aromatic nitrogens is 1. The summed E-state index contributed by atoms with van der Waals surface area (Å²) < 4.78 is 17.1. The molecular formula is C28H37BrN4O6S. The second-order valence-corrected chi connectivity index (χ2v) is 12.8. The number of hydrogen-bond donors (Lipinski definition) is 1. The van der Waals surface area contributed by atoms with Crippen LogP contribution in [-0.2, 0) is 20.8 Å². The van der Waals surface area contributed by atoms with E-state index in [-0.39, 0.29) is 17.9 Å². The summed E-state index contributed by atoms with van der Waals surface area (Å²) in [7, 11) is 1.36. The maximum atomic E-state index is 13.3. The third kappa shape index (κ3) is 8.17. The number of nitrogens with one attached hydrogen (secondary N) is 1. The summed E-state index contributed by atoms with van der Waals surface area (Å²) in [6.45, 7) is 9.11. The van der Waals surface area contributed by atoms with Crippen LogP contribution in [0.1, 0.15) is 61.7 Å². The fourth-order valence-corrected chi connectivity index (χ4v) is 6.41. The lowest BCUT2D eigenvalue weighted by molar-refractivity contribution is -0.139. The van der Waals surface area contributed by atoms with E-state index in [2.05, 4.69) is 31.1 Å². The summed E-state index contributed by atoms with van der Waals surface area (Å²) in [5.41, 5.74) is 0.463. The lowest BCUT2D eigenvalue weighted by Crippen LogP contribution is -2.47. The smallest absolute Gasteiger partial charge is 0.413 e. The first-order valence-corrected chi connectivity index (χ1v) is 15.2. The quantitative estimate of drug-likeness (QED) is 0.407. The van der Waals surface area contributed by atoms with E-state index in [1.54, 1.807) is 6.20 Å². The van der Waals surface area contributed by atoms with Gasteiger partial charge in [0.2, 0.25) is 5.91 Å². The predicted octanol–water partition coefficient (Wildman–Crippen LogP) is 5.32. The van der Waals surface area contributed by atoms with Gasteiger partial charge < -0.3 is 19.1 Å². The number of pyridine rings is 1. The number of esters is 1. The van der Waals surface area contributed by atoms with Crippen molar-refractivity contribution in [2.45, 2.75) is 64.7 Å². The Morgan fingerprint density at radius 3 is 2.48 bits per heavy atom. The van der Waals surface area contributed by atoms with Crippen LogP contribution in [0.15, 0.2) is 28.2 Å². The average molecular weight is 638 g/mol. The zero-order chi connectivity index (χ0) is 28.9. The summed E-state index contributed by atoms with van der Waals surface area (Å²) in [6, 6.07) is 3.79. The van der Waals surface area contributed by atoms with Crippen LogP contribution in [0, 0.1) is 5.92 Å². The van der Waals surface area contributed by atoms with Crippen LogP contribution in [0.5, 0.6) is 5.75 Å². The van der Waals surface area contributed by atoms with Crippen LogP contribution in [0.25, 0.3) is 0 Å². The minimum absolute atomic E-state index is 0.0208. The monoisotopic (exact) mass is 636 g/mol. The summed E-state index contributed by atoms with van der Waals surface area (Å²) >= 11 is 4.75. The van der Waals surface area contributed by atoms with E-state index in [1.807, 2.05) is 43.2 Å². The second kappa shape index (κ2) is 13.3. The minimum atomic E-state index is -0.579. The molecule has 12 heteroatoms. The van der Waals surface area contributed by atoms with Crippen molar-refractivity contribution in [3.8, 4) is 5.75 Å². The lowest BCUT2D eigenvalue weighted by atomic mass is 9.94. The van der Waals surface area contributed by atoms with Gasteiger partial charge in [0.25, 0.3) is 0 Å². The molecule has 0 spiro atoms. The lowest BCUT2D eigenvalue weighted by Gasteiger charge is -2.37. The van der Waals surface area contributed by atoms with Crippen molar-refractivity contribution in [2.75, 3.05) is 38.6 Å². The number of anilines is 1. The summed E-state index contributed by atoms with van der Waals surface area (Å²) in [5, 5.41) is 4.51. The van der Waals surface area contributed by atoms with Crippen LogP contribution < -0.4 is 10.1 Å². The molecule has 0 unspecified atom stereocenters. The molecule has 2 aliphatic rings. The molecule has 0 atom stereocenters. The number of methoxy groups -OCH3 is 1. The molecule has 0 bridgehead atoms. The van der Waals surface area contributed by atoms with E-state index in [0.717, 1.165) is 55.4 Å². The van der Waals surface area contributed by atoms with Crippen LogP contribution in [0.3, 0.4) is 0 Å². The number of carbonyl (C=O) groups is 3. The van der Waals surface area contributed by atoms with Gasteiger partial charge >= 0.3 is 12.1 Å². The number of halogens is 1. The number of piperidine rings is 2. The van der Waals surface area contributed by atoms with Gasteiger partial charge in [0, 0.05) is 50.0 Å². The molecule has 0 aliphatic carbocycles. The first-order valence-electron chi connectivity index (χ1n) is 13.5. The normalized spacial score (nSPS) is 17.4. The highest BCUT2D eigenvalue weighted by Crippen LogP contribution is 2.37. The van der Waals surface area contributed by atoms with Gasteiger partial charge in [0.05, 0.1) is 11.6 Å². The summed E-state index contributed by atoms with van der Waals surface area (Å²) in [5.74, 6) is 0.810. The third-order valence-electron chi connectivity index (χ3n) is 6.91. The highest BCUT2D eigenvalue weighted by atomic mass is 79.9. The summed E-state index contributed by atoms with van der Waals surface area (Å²) in [6.07, 6.45) is 4.15. The van der Waals surface area contributed by atoms with Gasteiger partial charge in [-0.05, 0) is 80.3 Å². The molecule has 218 valence electrons. The maximum Gasteiger partial charge on any atom is 0.413 e. The van der Waals surface area contributed by atoms with Gasteiger partial charge in [0.15, 0.2) is 10.6 Å². The average Bonchev–Trinajstić information content (AvgIpc) is 3.27. The third-order valence-corrected chi connectivity index (χ3v) is 8.74. The highest BCUT2D eigenvalue weighted by molar-refractivity contribution is 9.10. The van der Waals surface area contributed by atoms with Gasteiger partial charge in [-0.2, -0.15) is 0 Å². The van der Waals surface area contributed by atoms with E-state index >= 15 is 0 Å². The number of carbonyl (C=O) groups excluding carboxylic acids is 3. The number of thiophene rings is 1. The van der Waals surface area contributed by atoms with Gasteiger partial charge in [-0.15, -0.1) is 11.3 Å². The predicted molar refractivity (Wildman–Crippen MR) is 156 cm³/mol. The molecule has 1 N–H and O–H groups in total. The Hall–Kier alpha value is -2.70. The Morgan fingerprint density at radius 1 is 1.12 bits per heavy atom. The van der Waals surface area contributed by atoms with Gasteiger partial charge in [-0.3, -0.25) is 15.0 Å². The Morgan fingerprint density at radius 2 is 1.82 bits per heavy atom. The van der Waals surface area contributed by atoms with Crippen molar-refractivity contribution in [3.05, 3.63) is 38.6 Å². The molecule has 0 radical (unpaired) electrons. The van der Waals surface area contributed by atoms with Crippen LogP contribution in [0.4, 0.5) is 10.6 Å². The molecule has 2 aromatic heterocycles. The Bertz CT molecular complexity index is 1200. The molecule has 10 nitrogen and oxygen atoms in total. The van der Waals surface area contributed by atoms with Crippen LogP contribution >= 0.6 is 27.3 Å².